The molecule has 4 unspecified atom stereocenters. The van der Waals surface area contributed by atoms with Crippen LogP contribution in [0.15, 0.2) is 24.8 Å². The fourth-order valence-electron chi connectivity index (χ4n) is 3.32. The molecule has 3 aromatic heterocycles. The number of aromatic nitrogens is 5. The van der Waals surface area contributed by atoms with E-state index in [9.17, 15) is 19.4 Å². The van der Waals surface area contributed by atoms with Crippen LogP contribution in [0.2, 0.25) is 0 Å². The van der Waals surface area contributed by atoms with Crippen molar-refractivity contribution in [2.75, 3.05) is 18.9 Å². The normalized spacial score (nSPS) is 23.6. The molecule has 4 N–H and O–H groups in total. The minimum absolute atomic E-state index is 0.175. The largest absolute Gasteiger partial charge is 0.387 e. The predicted octanol–water partition coefficient (Wildman–Crippen LogP) is -0.176. The summed E-state index contributed by atoms with van der Waals surface area (Å²) < 4.78 is 20.7. The Morgan fingerprint density at radius 3 is 2.80 bits per heavy atom. The van der Waals surface area contributed by atoms with Crippen LogP contribution in [0.1, 0.15) is 13.2 Å². The lowest BCUT2D eigenvalue weighted by Gasteiger charge is -2.17. The zero-order chi connectivity index (χ0) is 21.4. The zero-order valence-electron chi connectivity index (χ0n) is 16.2. The Morgan fingerprint density at radius 1 is 1.30 bits per heavy atom. The van der Waals surface area contributed by atoms with Crippen molar-refractivity contribution in [3.05, 3.63) is 30.6 Å². The molecule has 1 saturated heterocycles. The SMILES string of the molecule is CCNC(=O)C1OC(n2cnc3c(NC)nc(-c4cncc(F)c4)nc32)C(O)C1O. The van der Waals surface area contributed by atoms with E-state index in [1.165, 1.54) is 23.2 Å². The smallest absolute Gasteiger partial charge is 0.252 e. The molecule has 1 aliphatic rings. The summed E-state index contributed by atoms with van der Waals surface area (Å²) in [7, 11) is 1.64. The third-order valence-corrected chi connectivity index (χ3v) is 4.74. The Hall–Kier alpha value is -3.22. The molecule has 30 heavy (non-hydrogen) atoms. The van der Waals surface area contributed by atoms with Crippen molar-refractivity contribution in [2.45, 2.75) is 31.5 Å². The number of imidazole rings is 1. The number of amides is 1. The summed E-state index contributed by atoms with van der Waals surface area (Å²) in [4.78, 5) is 29.0. The van der Waals surface area contributed by atoms with Gasteiger partial charge in [0.05, 0.1) is 12.5 Å². The number of fused-ring (bicyclic) bond motifs is 1. The monoisotopic (exact) mass is 417 g/mol. The van der Waals surface area contributed by atoms with Gasteiger partial charge in [-0.25, -0.2) is 19.3 Å². The highest BCUT2D eigenvalue weighted by Crippen LogP contribution is 2.33. The molecule has 3 aromatic rings. The molecule has 12 heteroatoms. The molecule has 0 spiro atoms. The second-order valence-electron chi connectivity index (χ2n) is 6.68. The number of carbonyl (C=O) groups is 1. The summed E-state index contributed by atoms with van der Waals surface area (Å²) in [6, 6.07) is 1.24. The molecule has 1 fully saturated rings. The number of ether oxygens (including phenoxy) is 1. The van der Waals surface area contributed by atoms with Gasteiger partial charge in [0.25, 0.3) is 5.91 Å². The highest BCUT2D eigenvalue weighted by Gasteiger charge is 2.47. The van der Waals surface area contributed by atoms with E-state index in [-0.39, 0.29) is 11.5 Å². The molecule has 0 saturated carbocycles. The van der Waals surface area contributed by atoms with Gasteiger partial charge in [0.1, 0.15) is 18.0 Å². The Kier molecular flexibility index (Phi) is 5.28. The fourth-order valence-corrected chi connectivity index (χ4v) is 3.32. The molecule has 0 bridgehead atoms. The van der Waals surface area contributed by atoms with E-state index in [2.05, 4.69) is 30.6 Å². The van der Waals surface area contributed by atoms with Crippen LogP contribution in [0.3, 0.4) is 0 Å². The van der Waals surface area contributed by atoms with Gasteiger partial charge in [-0.1, -0.05) is 0 Å². The molecule has 1 aliphatic heterocycles. The molecule has 0 aromatic carbocycles. The average molecular weight is 417 g/mol. The highest BCUT2D eigenvalue weighted by atomic mass is 19.1. The van der Waals surface area contributed by atoms with Crippen molar-refractivity contribution >= 4 is 22.9 Å². The minimum atomic E-state index is -1.43. The van der Waals surface area contributed by atoms with Gasteiger partial charge in [-0.3, -0.25) is 14.3 Å². The van der Waals surface area contributed by atoms with E-state index in [4.69, 9.17) is 4.74 Å². The first kappa shape index (κ1) is 20.1. The topological polar surface area (TPSA) is 147 Å². The molecule has 0 aliphatic carbocycles. The fraction of sp³-hybridized carbons (Fsp3) is 0.389. The van der Waals surface area contributed by atoms with Gasteiger partial charge in [0.2, 0.25) is 0 Å². The van der Waals surface area contributed by atoms with Crippen LogP contribution in [-0.2, 0) is 9.53 Å². The Bertz CT molecular complexity index is 1090. The number of nitrogens with one attached hydrogen (secondary N) is 2. The average Bonchev–Trinajstić information content (AvgIpc) is 3.29. The van der Waals surface area contributed by atoms with Crippen LogP contribution >= 0.6 is 0 Å². The quantitative estimate of drug-likeness (QED) is 0.444. The second-order valence-corrected chi connectivity index (χ2v) is 6.68. The van der Waals surface area contributed by atoms with Gasteiger partial charge < -0.3 is 25.6 Å². The maximum absolute atomic E-state index is 13.6. The van der Waals surface area contributed by atoms with E-state index < -0.39 is 36.3 Å². The molecule has 158 valence electrons. The lowest BCUT2D eigenvalue weighted by molar-refractivity contribution is -0.137. The first-order valence-corrected chi connectivity index (χ1v) is 9.27. The maximum Gasteiger partial charge on any atom is 0.252 e. The number of halogens is 1. The molecule has 0 radical (unpaired) electrons. The summed E-state index contributed by atoms with van der Waals surface area (Å²) >= 11 is 0. The Labute approximate surface area is 170 Å². The highest BCUT2D eigenvalue weighted by molar-refractivity contribution is 5.85. The summed E-state index contributed by atoms with van der Waals surface area (Å²) in [6.45, 7) is 2.08. The van der Waals surface area contributed by atoms with Crippen molar-refractivity contribution in [3.63, 3.8) is 0 Å². The number of carbonyl (C=O) groups excluding carboxylic acids is 1. The minimum Gasteiger partial charge on any atom is -0.387 e. The van der Waals surface area contributed by atoms with E-state index in [0.29, 0.717) is 23.4 Å². The van der Waals surface area contributed by atoms with Gasteiger partial charge in [-0.2, -0.15) is 0 Å². The number of rotatable bonds is 5. The molecule has 4 heterocycles. The van der Waals surface area contributed by atoms with Gasteiger partial charge in [-0.15, -0.1) is 0 Å². The molecule has 4 rings (SSSR count). The zero-order valence-corrected chi connectivity index (χ0v) is 16.2. The number of aliphatic hydroxyl groups excluding tert-OH is 2. The standard InChI is InChI=1S/C18H20FN7O4/c1-3-22-17(29)13-11(27)12(28)18(30-13)26-7-23-10-15(20-2)24-14(25-16(10)26)8-4-9(19)6-21-5-8/h4-7,11-13,18,27-28H,3H2,1-2H3,(H,22,29)(H,20,24,25). The summed E-state index contributed by atoms with van der Waals surface area (Å²) in [5.41, 5.74) is 0.980. The van der Waals surface area contributed by atoms with Crippen molar-refractivity contribution in [2.24, 2.45) is 0 Å². The molecular weight excluding hydrogens is 397 g/mol. The second kappa shape index (κ2) is 7.89. The predicted molar refractivity (Wildman–Crippen MR) is 103 cm³/mol. The number of nitrogens with zero attached hydrogens (tertiary/aromatic N) is 5. The third-order valence-electron chi connectivity index (χ3n) is 4.74. The Balaban J connectivity index is 1.78. The van der Waals surface area contributed by atoms with E-state index in [1.54, 1.807) is 14.0 Å². The van der Waals surface area contributed by atoms with Crippen molar-refractivity contribution in [3.8, 4) is 11.4 Å². The van der Waals surface area contributed by atoms with Gasteiger partial charge in [-0.05, 0) is 13.0 Å². The molecule has 4 atom stereocenters. The van der Waals surface area contributed by atoms with Crippen LogP contribution < -0.4 is 10.6 Å². The number of anilines is 1. The first-order chi connectivity index (χ1) is 14.4. The lowest BCUT2D eigenvalue weighted by Crippen LogP contribution is -2.42. The van der Waals surface area contributed by atoms with Crippen molar-refractivity contribution in [1.29, 1.82) is 0 Å². The molecule has 1 amide bonds. The number of hydrogen-bond donors (Lipinski definition) is 4. The number of likely N-dealkylation sites (N-methyl/N-ethyl adjacent to an activating group) is 1. The van der Waals surface area contributed by atoms with Crippen LogP contribution in [0.5, 0.6) is 0 Å². The van der Waals surface area contributed by atoms with Gasteiger partial charge >= 0.3 is 0 Å². The van der Waals surface area contributed by atoms with Gasteiger partial charge in [0.15, 0.2) is 35.1 Å². The molecule has 11 nitrogen and oxygen atoms in total. The van der Waals surface area contributed by atoms with Crippen molar-refractivity contribution < 1.29 is 24.1 Å². The van der Waals surface area contributed by atoms with E-state index in [1.807, 2.05) is 0 Å². The summed E-state index contributed by atoms with van der Waals surface area (Å²) in [6.07, 6.45) is -1.35. The van der Waals surface area contributed by atoms with E-state index >= 15 is 0 Å². The summed E-state index contributed by atoms with van der Waals surface area (Å²) in [5, 5.41) is 26.3. The van der Waals surface area contributed by atoms with Crippen LogP contribution in [-0.4, -0.2) is 72.5 Å². The lowest BCUT2D eigenvalue weighted by atomic mass is 10.1. The van der Waals surface area contributed by atoms with Crippen LogP contribution in [0.4, 0.5) is 10.2 Å². The van der Waals surface area contributed by atoms with Crippen LogP contribution in [0.25, 0.3) is 22.6 Å². The van der Waals surface area contributed by atoms with Crippen LogP contribution in [0, 0.1) is 5.82 Å². The van der Waals surface area contributed by atoms with E-state index in [0.717, 1.165) is 6.20 Å². The van der Waals surface area contributed by atoms with Crippen molar-refractivity contribution in [1.82, 2.24) is 29.8 Å². The number of hydrogen-bond acceptors (Lipinski definition) is 9. The summed E-state index contributed by atoms with van der Waals surface area (Å²) in [5.74, 6) is -0.536. The first-order valence-electron chi connectivity index (χ1n) is 9.27. The van der Waals surface area contributed by atoms with Gasteiger partial charge in [0, 0.05) is 25.4 Å². The number of pyridine rings is 1. The maximum atomic E-state index is 13.6. The third kappa shape index (κ3) is 3.34. The molecular formula is C18H20FN7O4. The Morgan fingerprint density at radius 2 is 2.10 bits per heavy atom. The number of aliphatic hydroxyl groups is 2.